The second kappa shape index (κ2) is 1.04. The third-order valence-electron chi connectivity index (χ3n) is 1.27. The van der Waals surface area contributed by atoms with E-state index in [1.54, 1.807) is 0 Å². The summed E-state index contributed by atoms with van der Waals surface area (Å²) in [5.74, 6) is 1.13. The first-order valence-corrected chi connectivity index (χ1v) is 2.43. The van der Waals surface area contributed by atoms with Crippen molar-refractivity contribution < 1.29 is 0 Å². The van der Waals surface area contributed by atoms with E-state index in [0.29, 0.717) is 0 Å². The highest BCUT2D eigenvalue weighted by Gasteiger charge is 2.19. The maximum absolute atomic E-state index is 2.26. The minimum absolute atomic E-state index is 1.13. The standard InChI is InChI=1S/C4H9B/c1-2-4-3-5-4/h4-5H,2-3H2,1H3. The first-order valence-electron chi connectivity index (χ1n) is 2.43. The highest BCUT2D eigenvalue weighted by molar-refractivity contribution is 6.50. The molecular weight excluding hydrogens is 58.9 g/mol. The van der Waals surface area contributed by atoms with E-state index in [1.165, 1.54) is 20.0 Å². The molecule has 0 aliphatic carbocycles. The Balaban J connectivity index is 2.00. The van der Waals surface area contributed by atoms with E-state index in [9.17, 15) is 0 Å². The van der Waals surface area contributed by atoms with Gasteiger partial charge in [0.25, 0.3) is 0 Å². The lowest BCUT2D eigenvalue weighted by atomic mass is 10.0. The largest absolute Gasteiger partial charge is 0.122 e. The molecule has 1 unspecified atom stereocenters. The quantitative estimate of drug-likeness (QED) is 0.403. The predicted octanol–water partition coefficient (Wildman–Crippen LogP) is 1.05. The van der Waals surface area contributed by atoms with Crippen molar-refractivity contribution in [1.29, 1.82) is 0 Å². The first kappa shape index (κ1) is 3.26. The highest BCUT2D eigenvalue weighted by atomic mass is 14.0. The summed E-state index contributed by atoms with van der Waals surface area (Å²) in [6.45, 7) is 2.26. The molecule has 0 aromatic carbocycles. The maximum atomic E-state index is 2.26. The van der Waals surface area contributed by atoms with Crippen LogP contribution in [-0.4, -0.2) is 7.28 Å². The van der Waals surface area contributed by atoms with Crippen molar-refractivity contribution in [3.63, 3.8) is 0 Å². The average Bonchev–Trinajstić information content (AvgIpc) is 2.12. The molecule has 0 aromatic heterocycles. The molecule has 0 amide bonds. The molecule has 0 nitrogen and oxygen atoms in total. The van der Waals surface area contributed by atoms with Crippen LogP contribution in [0.15, 0.2) is 0 Å². The molecule has 1 atom stereocenters. The minimum atomic E-state index is 1.13. The van der Waals surface area contributed by atoms with Gasteiger partial charge in [0, 0.05) is 0 Å². The third kappa shape index (κ3) is 0.676. The van der Waals surface area contributed by atoms with Gasteiger partial charge in [0.2, 0.25) is 0 Å². The molecule has 1 fully saturated rings. The monoisotopic (exact) mass is 68.1 g/mol. The van der Waals surface area contributed by atoms with Crippen molar-refractivity contribution in [2.24, 2.45) is 0 Å². The number of rotatable bonds is 1. The number of hydrogen-bond acceptors (Lipinski definition) is 0. The zero-order valence-corrected chi connectivity index (χ0v) is 3.70. The van der Waals surface area contributed by atoms with Gasteiger partial charge < -0.3 is 0 Å². The van der Waals surface area contributed by atoms with E-state index < -0.39 is 0 Å². The molecule has 1 rings (SSSR count). The topological polar surface area (TPSA) is 0 Å². The Labute approximate surface area is 33.8 Å². The first-order chi connectivity index (χ1) is 2.43. The molecule has 1 heteroatoms. The molecule has 1 heterocycles. The Bertz CT molecular complexity index is 30.6. The zero-order valence-electron chi connectivity index (χ0n) is 3.70. The Morgan fingerprint density at radius 2 is 2.60 bits per heavy atom. The third-order valence-corrected chi connectivity index (χ3v) is 1.27. The van der Waals surface area contributed by atoms with Crippen LogP contribution in [-0.2, 0) is 0 Å². The van der Waals surface area contributed by atoms with Crippen molar-refractivity contribution in [1.82, 2.24) is 0 Å². The van der Waals surface area contributed by atoms with Gasteiger partial charge in [-0.15, -0.1) is 0 Å². The summed E-state index contributed by atoms with van der Waals surface area (Å²) in [4.78, 5) is 0. The normalized spacial score (nSPS) is 32.6. The van der Waals surface area contributed by atoms with E-state index in [4.69, 9.17) is 0 Å². The lowest BCUT2D eigenvalue weighted by Gasteiger charge is -1.73. The fourth-order valence-electron chi connectivity index (χ4n) is 0.526. The van der Waals surface area contributed by atoms with Crippen LogP contribution >= 0.6 is 0 Å². The van der Waals surface area contributed by atoms with E-state index in [0.717, 1.165) is 5.82 Å². The minimum Gasteiger partial charge on any atom is -0.0812 e. The SMILES string of the molecule is CCC1BC1. The van der Waals surface area contributed by atoms with E-state index in [1.807, 2.05) is 0 Å². The Kier molecular flexibility index (Phi) is 0.677. The molecule has 0 aromatic rings. The molecule has 1 aliphatic heterocycles. The molecule has 0 radical (unpaired) electrons. The van der Waals surface area contributed by atoms with Crippen molar-refractivity contribution in [2.75, 3.05) is 0 Å². The molecule has 5 heavy (non-hydrogen) atoms. The predicted molar refractivity (Wildman–Crippen MR) is 26.0 cm³/mol. The summed E-state index contributed by atoms with van der Waals surface area (Å²) < 4.78 is 0. The maximum Gasteiger partial charge on any atom is 0.122 e. The van der Waals surface area contributed by atoms with E-state index >= 15 is 0 Å². The Morgan fingerprint density at radius 1 is 2.00 bits per heavy atom. The highest BCUT2D eigenvalue weighted by Crippen LogP contribution is 2.29. The summed E-state index contributed by atoms with van der Waals surface area (Å²) in [5, 5.41) is 0. The van der Waals surface area contributed by atoms with Crippen molar-refractivity contribution in [3.8, 4) is 0 Å². The smallest absolute Gasteiger partial charge is 0.0812 e. The molecule has 0 spiro atoms. The van der Waals surface area contributed by atoms with Crippen LogP contribution < -0.4 is 0 Å². The van der Waals surface area contributed by atoms with Gasteiger partial charge in [0.1, 0.15) is 7.28 Å². The molecule has 1 aliphatic rings. The van der Waals surface area contributed by atoms with Crippen LogP contribution in [0.5, 0.6) is 0 Å². The van der Waals surface area contributed by atoms with E-state index in [2.05, 4.69) is 6.92 Å². The zero-order chi connectivity index (χ0) is 3.70. The fourth-order valence-corrected chi connectivity index (χ4v) is 0.526. The van der Waals surface area contributed by atoms with Crippen LogP contribution in [0.1, 0.15) is 13.3 Å². The summed E-state index contributed by atoms with van der Waals surface area (Å²) in [6, 6.07) is 0. The van der Waals surface area contributed by atoms with Gasteiger partial charge in [-0.1, -0.05) is 25.5 Å². The van der Waals surface area contributed by atoms with Crippen molar-refractivity contribution in [3.05, 3.63) is 0 Å². The summed E-state index contributed by atoms with van der Waals surface area (Å²) >= 11 is 0. The Morgan fingerprint density at radius 3 is 2.60 bits per heavy atom. The van der Waals surface area contributed by atoms with Gasteiger partial charge in [-0.05, 0) is 0 Å². The lowest BCUT2D eigenvalue weighted by Crippen LogP contribution is -1.56. The van der Waals surface area contributed by atoms with E-state index in [-0.39, 0.29) is 0 Å². The molecule has 0 N–H and O–H groups in total. The molecule has 1 saturated heterocycles. The molecule has 28 valence electrons. The summed E-state index contributed by atoms with van der Waals surface area (Å²) in [5.41, 5.74) is 0. The average molecular weight is 67.9 g/mol. The van der Waals surface area contributed by atoms with Crippen molar-refractivity contribution in [2.45, 2.75) is 25.5 Å². The van der Waals surface area contributed by atoms with Crippen LogP contribution in [0.2, 0.25) is 12.1 Å². The van der Waals surface area contributed by atoms with Crippen LogP contribution in [0.4, 0.5) is 0 Å². The molecule has 0 saturated carbocycles. The van der Waals surface area contributed by atoms with Gasteiger partial charge in [-0.3, -0.25) is 0 Å². The van der Waals surface area contributed by atoms with Crippen LogP contribution in [0.3, 0.4) is 0 Å². The van der Waals surface area contributed by atoms with Crippen LogP contribution in [0, 0.1) is 0 Å². The summed E-state index contributed by atoms with van der Waals surface area (Å²) in [7, 11) is 1.51. The summed E-state index contributed by atoms with van der Waals surface area (Å²) in [6.07, 6.45) is 2.93. The lowest BCUT2D eigenvalue weighted by molar-refractivity contribution is 0.959. The van der Waals surface area contributed by atoms with Gasteiger partial charge in [0.05, 0.1) is 0 Å². The van der Waals surface area contributed by atoms with Crippen LogP contribution in [0.25, 0.3) is 0 Å². The second-order valence-corrected chi connectivity index (χ2v) is 1.85. The number of hydrogen-bond donors (Lipinski definition) is 0. The second-order valence-electron chi connectivity index (χ2n) is 1.85. The van der Waals surface area contributed by atoms with Gasteiger partial charge in [-0.25, -0.2) is 0 Å². The van der Waals surface area contributed by atoms with Gasteiger partial charge in [0.15, 0.2) is 0 Å². The molecular formula is C4H9B. The van der Waals surface area contributed by atoms with Gasteiger partial charge in [-0.2, -0.15) is 0 Å². The molecule has 0 bridgehead atoms. The Hall–Kier alpha value is 0.0649. The van der Waals surface area contributed by atoms with Crippen molar-refractivity contribution >= 4 is 7.28 Å². The fraction of sp³-hybridized carbons (Fsp3) is 1.00. The van der Waals surface area contributed by atoms with Gasteiger partial charge >= 0.3 is 0 Å².